The largest absolute Gasteiger partial charge is 0.480 e. The summed E-state index contributed by atoms with van der Waals surface area (Å²) in [4.78, 5) is 24.9. The summed E-state index contributed by atoms with van der Waals surface area (Å²) in [5.41, 5.74) is 0. The summed E-state index contributed by atoms with van der Waals surface area (Å²) in [5, 5.41) is 11.7. The first-order valence-electron chi connectivity index (χ1n) is 7.19. The van der Waals surface area contributed by atoms with Crippen LogP contribution in [0.3, 0.4) is 0 Å². The number of carboxylic acids is 1. The number of carbonyl (C=O) groups excluding carboxylic acids is 1. The van der Waals surface area contributed by atoms with Crippen LogP contribution in [-0.2, 0) is 4.79 Å². The number of carboxylic acid groups (broad SMARTS) is 1. The van der Waals surface area contributed by atoms with Crippen LogP contribution in [0, 0.1) is 5.92 Å². The highest BCUT2D eigenvalue weighted by atomic mass is 16.4. The van der Waals surface area contributed by atoms with Gasteiger partial charge in [-0.25, -0.2) is 9.59 Å². The highest BCUT2D eigenvalue weighted by Crippen LogP contribution is 2.21. The number of nitrogens with zero attached hydrogens (tertiary/aromatic N) is 1. The van der Waals surface area contributed by atoms with E-state index in [0.29, 0.717) is 0 Å². The third-order valence-electron chi connectivity index (χ3n) is 3.90. The van der Waals surface area contributed by atoms with Gasteiger partial charge in [0.1, 0.15) is 6.04 Å². The predicted molar refractivity (Wildman–Crippen MR) is 74.0 cm³/mol. The van der Waals surface area contributed by atoms with Crippen molar-refractivity contribution in [3.8, 4) is 0 Å². The maximum atomic E-state index is 12.1. The summed E-state index contributed by atoms with van der Waals surface area (Å²) in [6.07, 6.45) is 6.79. The normalized spacial score (nSPS) is 18.7. The lowest BCUT2D eigenvalue weighted by Crippen LogP contribution is -2.51. The van der Waals surface area contributed by atoms with Gasteiger partial charge in [-0.15, -0.1) is 0 Å². The van der Waals surface area contributed by atoms with Gasteiger partial charge in [-0.2, -0.15) is 0 Å². The van der Waals surface area contributed by atoms with E-state index in [1.807, 2.05) is 0 Å². The van der Waals surface area contributed by atoms with Gasteiger partial charge in [-0.05, 0) is 18.8 Å². The van der Waals surface area contributed by atoms with E-state index in [2.05, 4.69) is 5.32 Å². The summed E-state index contributed by atoms with van der Waals surface area (Å²) in [6.45, 7) is 3.59. The van der Waals surface area contributed by atoms with Gasteiger partial charge in [-0.3, -0.25) is 0 Å². The quantitative estimate of drug-likeness (QED) is 0.771. The van der Waals surface area contributed by atoms with E-state index in [9.17, 15) is 9.59 Å². The number of amides is 2. The molecule has 5 nitrogen and oxygen atoms in total. The van der Waals surface area contributed by atoms with Crippen LogP contribution in [0.25, 0.3) is 0 Å². The average molecular weight is 270 g/mol. The van der Waals surface area contributed by atoms with Crippen LogP contribution in [-0.4, -0.2) is 41.1 Å². The Morgan fingerprint density at radius 1 is 1.16 bits per heavy atom. The van der Waals surface area contributed by atoms with Crippen molar-refractivity contribution in [3.05, 3.63) is 0 Å². The first-order chi connectivity index (χ1) is 8.93. The van der Waals surface area contributed by atoms with Crippen LogP contribution in [0.4, 0.5) is 4.79 Å². The Morgan fingerprint density at radius 2 is 1.68 bits per heavy atom. The van der Waals surface area contributed by atoms with Crippen LogP contribution in [0.1, 0.15) is 52.4 Å². The third kappa shape index (κ3) is 4.73. The lowest BCUT2D eigenvalue weighted by atomic mass is 10.0. The van der Waals surface area contributed by atoms with Crippen molar-refractivity contribution < 1.29 is 14.7 Å². The average Bonchev–Trinajstić information content (AvgIpc) is 2.62. The fourth-order valence-electron chi connectivity index (χ4n) is 2.56. The van der Waals surface area contributed by atoms with E-state index in [4.69, 9.17) is 5.11 Å². The molecule has 5 heteroatoms. The van der Waals surface area contributed by atoms with E-state index < -0.39 is 12.0 Å². The molecule has 0 aromatic carbocycles. The fraction of sp³-hybridized carbons (Fsp3) is 0.857. The van der Waals surface area contributed by atoms with Gasteiger partial charge in [0, 0.05) is 13.1 Å². The van der Waals surface area contributed by atoms with Gasteiger partial charge in [-0.1, -0.05) is 39.5 Å². The summed E-state index contributed by atoms with van der Waals surface area (Å²) < 4.78 is 0. The molecule has 0 bridgehead atoms. The molecule has 1 fully saturated rings. The summed E-state index contributed by atoms with van der Waals surface area (Å²) >= 11 is 0. The number of carbonyl (C=O) groups is 2. The van der Waals surface area contributed by atoms with E-state index in [-0.39, 0.29) is 18.0 Å². The second-order valence-corrected chi connectivity index (χ2v) is 5.77. The molecule has 1 aliphatic rings. The van der Waals surface area contributed by atoms with Crippen LogP contribution in [0.15, 0.2) is 0 Å². The smallest absolute Gasteiger partial charge is 0.326 e. The third-order valence-corrected chi connectivity index (χ3v) is 3.90. The molecule has 0 aromatic rings. The second kappa shape index (κ2) is 7.36. The molecule has 1 aliphatic carbocycles. The minimum atomic E-state index is -0.974. The molecule has 0 aromatic heterocycles. The molecule has 0 radical (unpaired) electrons. The van der Waals surface area contributed by atoms with Crippen LogP contribution >= 0.6 is 0 Å². The summed E-state index contributed by atoms with van der Waals surface area (Å²) in [6, 6.07) is -0.849. The molecule has 1 saturated carbocycles. The number of hydrogen-bond acceptors (Lipinski definition) is 2. The van der Waals surface area contributed by atoms with Gasteiger partial charge < -0.3 is 15.3 Å². The van der Waals surface area contributed by atoms with Crippen molar-refractivity contribution in [1.29, 1.82) is 0 Å². The van der Waals surface area contributed by atoms with E-state index in [1.165, 1.54) is 12.8 Å². The first kappa shape index (κ1) is 15.8. The molecule has 0 unspecified atom stereocenters. The Morgan fingerprint density at radius 3 is 2.11 bits per heavy atom. The van der Waals surface area contributed by atoms with Gasteiger partial charge in [0.05, 0.1) is 0 Å². The Labute approximate surface area is 115 Å². The topological polar surface area (TPSA) is 69.6 Å². The Hall–Kier alpha value is -1.26. The molecular formula is C14H26N2O3. The van der Waals surface area contributed by atoms with E-state index in [0.717, 1.165) is 25.7 Å². The zero-order valence-electron chi connectivity index (χ0n) is 12.2. The molecule has 110 valence electrons. The van der Waals surface area contributed by atoms with E-state index in [1.54, 1.807) is 25.8 Å². The van der Waals surface area contributed by atoms with Crippen LogP contribution < -0.4 is 5.32 Å². The number of urea groups is 1. The SMILES string of the molecule is CC(C)[C@H](NC(=O)N(C)C1CCCCCC1)C(=O)O. The molecule has 2 N–H and O–H groups in total. The maximum absolute atomic E-state index is 12.1. The standard InChI is InChI=1S/C14H26N2O3/c1-10(2)12(13(17)18)15-14(19)16(3)11-8-6-4-5-7-9-11/h10-12H,4-9H2,1-3H3,(H,15,19)(H,17,18)/t12-/m0/s1. The highest BCUT2D eigenvalue weighted by Gasteiger charge is 2.27. The van der Waals surface area contributed by atoms with Crippen molar-refractivity contribution in [2.24, 2.45) is 5.92 Å². The molecule has 1 rings (SSSR count). The molecule has 2 amide bonds. The zero-order valence-corrected chi connectivity index (χ0v) is 12.2. The van der Waals surface area contributed by atoms with Crippen molar-refractivity contribution in [2.75, 3.05) is 7.05 Å². The number of hydrogen-bond donors (Lipinski definition) is 2. The van der Waals surface area contributed by atoms with Crippen molar-refractivity contribution in [1.82, 2.24) is 10.2 Å². The molecule has 0 aliphatic heterocycles. The van der Waals surface area contributed by atoms with Crippen molar-refractivity contribution >= 4 is 12.0 Å². The second-order valence-electron chi connectivity index (χ2n) is 5.77. The predicted octanol–water partition coefficient (Wildman–Crippen LogP) is 2.46. The van der Waals surface area contributed by atoms with E-state index >= 15 is 0 Å². The van der Waals surface area contributed by atoms with Crippen LogP contribution in [0.5, 0.6) is 0 Å². The maximum Gasteiger partial charge on any atom is 0.326 e. The number of aliphatic carboxylic acids is 1. The Balaban J connectivity index is 2.57. The lowest BCUT2D eigenvalue weighted by molar-refractivity contribution is -0.140. The highest BCUT2D eigenvalue weighted by molar-refractivity contribution is 5.82. The summed E-state index contributed by atoms with van der Waals surface area (Å²) in [7, 11) is 1.77. The molecular weight excluding hydrogens is 244 g/mol. The minimum Gasteiger partial charge on any atom is -0.480 e. The van der Waals surface area contributed by atoms with Crippen molar-refractivity contribution in [3.63, 3.8) is 0 Å². The Bertz CT molecular complexity index is 310. The molecule has 0 spiro atoms. The summed E-state index contributed by atoms with van der Waals surface area (Å²) in [5.74, 6) is -1.10. The Kier molecular flexibility index (Phi) is 6.12. The number of nitrogens with one attached hydrogen (secondary N) is 1. The first-order valence-corrected chi connectivity index (χ1v) is 7.19. The zero-order chi connectivity index (χ0) is 14.4. The number of rotatable bonds is 4. The van der Waals surface area contributed by atoms with Crippen molar-refractivity contribution in [2.45, 2.75) is 64.5 Å². The van der Waals surface area contributed by atoms with Crippen LogP contribution in [0.2, 0.25) is 0 Å². The minimum absolute atomic E-state index is 0.121. The molecule has 19 heavy (non-hydrogen) atoms. The molecule has 0 saturated heterocycles. The van der Waals surface area contributed by atoms with Gasteiger partial charge in [0.2, 0.25) is 0 Å². The monoisotopic (exact) mass is 270 g/mol. The molecule has 1 atom stereocenters. The molecule has 0 heterocycles. The van der Waals surface area contributed by atoms with Gasteiger partial charge in [0.15, 0.2) is 0 Å². The van der Waals surface area contributed by atoms with Gasteiger partial charge in [0.25, 0.3) is 0 Å². The fourth-order valence-corrected chi connectivity index (χ4v) is 2.56. The van der Waals surface area contributed by atoms with Gasteiger partial charge >= 0.3 is 12.0 Å². The lowest BCUT2D eigenvalue weighted by Gasteiger charge is -2.29.